The van der Waals surface area contributed by atoms with E-state index in [4.69, 9.17) is 0 Å². The fourth-order valence-electron chi connectivity index (χ4n) is 4.15. The molecule has 1 saturated heterocycles. The van der Waals surface area contributed by atoms with Gasteiger partial charge in [-0.3, -0.25) is 4.79 Å². The predicted molar refractivity (Wildman–Crippen MR) is 96.8 cm³/mol. The van der Waals surface area contributed by atoms with Gasteiger partial charge in [0.25, 0.3) is 5.91 Å². The summed E-state index contributed by atoms with van der Waals surface area (Å²) in [6.07, 6.45) is 3.92. The fourth-order valence-corrected chi connectivity index (χ4v) is 4.15. The molecule has 2 aromatic heterocycles. The number of halogens is 2. The highest BCUT2D eigenvalue weighted by molar-refractivity contribution is 5.99. The van der Waals surface area contributed by atoms with Gasteiger partial charge in [-0.05, 0) is 43.4 Å². The van der Waals surface area contributed by atoms with Gasteiger partial charge in [0.15, 0.2) is 5.65 Å². The number of hydrogen-bond donors (Lipinski definition) is 1. The molecule has 0 bridgehead atoms. The van der Waals surface area contributed by atoms with E-state index in [0.717, 1.165) is 18.6 Å². The summed E-state index contributed by atoms with van der Waals surface area (Å²) in [6, 6.07) is 3.22. The number of rotatable bonds is 4. The lowest BCUT2D eigenvalue weighted by Crippen LogP contribution is -2.29. The minimum absolute atomic E-state index is 0.254. The van der Waals surface area contributed by atoms with Gasteiger partial charge < -0.3 is 10.2 Å². The zero-order chi connectivity index (χ0) is 19.4. The van der Waals surface area contributed by atoms with Crippen LogP contribution in [0.4, 0.5) is 14.7 Å². The highest BCUT2D eigenvalue weighted by Crippen LogP contribution is 2.57. The quantitative estimate of drug-likeness (QED) is 0.747. The lowest BCUT2D eigenvalue weighted by atomic mass is 10.0. The van der Waals surface area contributed by atoms with Crippen molar-refractivity contribution >= 4 is 17.5 Å². The topological polar surface area (TPSA) is 75.4 Å². The lowest BCUT2D eigenvalue weighted by molar-refractivity contribution is 0.0957. The van der Waals surface area contributed by atoms with E-state index < -0.39 is 11.6 Å². The number of amides is 1. The van der Waals surface area contributed by atoms with Crippen LogP contribution in [0.2, 0.25) is 0 Å². The number of nitrogens with one attached hydrogen (secondary N) is 1. The SMILES string of the molecule is CCNC(=O)c1cnn2cnc(N3CC4CC4C3c3cc(F)ccc3F)nc12. The molecule has 1 saturated carbocycles. The molecular formula is C19H18F2N6O. The van der Waals surface area contributed by atoms with Crippen LogP contribution >= 0.6 is 0 Å². The van der Waals surface area contributed by atoms with Crippen LogP contribution in [0.3, 0.4) is 0 Å². The number of benzene rings is 1. The third-order valence-electron chi connectivity index (χ3n) is 5.52. The summed E-state index contributed by atoms with van der Waals surface area (Å²) >= 11 is 0. The monoisotopic (exact) mass is 384 g/mol. The molecule has 28 heavy (non-hydrogen) atoms. The molecule has 1 amide bonds. The Bertz CT molecular complexity index is 1080. The van der Waals surface area contributed by atoms with E-state index in [1.807, 2.05) is 11.8 Å². The fraction of sp³-hybridized carbons (Fsp3) is 0.368. The van der Waals surface area contributed by atoms with Crippen LogP contribution in [-0.2, 0) is 0 Å². The van der Waals surface area contributed by atoms with Gasteiger partial charge in [0, 0.05) is 18.7 Å². The maximum Gasteiger partial charge on any atom is 0.256 e. The van der Waals surface area contributed by atoms with E-state index >= 15 is 0 Å². The molecule has 3 unspecified atom stereocenters. The Morgan fingerprint density at radius 1 is 1.36 bits per heavy atom. The van der Waals surface area contributed by atoms with Gasteiger partial charge in [-0.15, -0.1) is 0 Å². The number of carbonyl (C=O) groups excluding carboxylic acids is 1. The zero-order valence-corrected chi connectivity index (χ0v) is 15.1. The van der Waals surface area contributed by atoms with Crippen molar-refractivity contribution in [2.24, 2.45) is 11.8 Å². The van der Waals surface area contributed by atoms with Crippen molar-refractivity contribution in [1.82, 2.24) is 24.9 Å². The van der Waals surface area contributed by atoms with E-state index in [9.17, 15) is 13.6 Å². The largest absolute Gasteiger partial charge is 0.352 e. The summed E-state index contributed by atoms with van der Waals surface area (Å²) in [7, 11) is 0. The highest BCUT2D eigenvalue weighted by Gasteiger charge is 2.54. The van der Waals surface area contributed by atoms with Crippen LogP contribution in [0.1, 0.15) is 35.3 Å². The summed E-state index contributed by atoms with van der Waals surface area (Å²) in [4.78, 5) is 23.1. The number of aromatic nitrogens is 4. The van der Waals surface area contributed by atoms with Gasteiger partial charge in [-0.2, -0.15) is 10.1 Å². The standard InChI is InChI=1S/C19H18F2N6O/c1-2-22-18(28)14-7-24-27-9-23-19(25-17(14)27)26-8-10-5-12(10)16(26)13-6-11(20)3-4-15(13)21/h3-4,6-7,9-10,12,16H,2,5,8H2,1H3,(H,22,28). The van der Waals surface area contributed by atoms with E-state index in [0.29, 0.717) is 41.7 Å². The maximum atomic E-state index is 14.5. The summed E-state index contributed by atoms with van der Waals surface area (Å²) in [5.41, 5.74) is 1.06. The lowest BCUT2D eigenvalue weighted by Gasteiger charge is -2.28. The Kier molecular flexibility index (Phi) is 3.78. The second-order valence-electron chi connectivity index (χ2n) is 7.26. The van der Waals surface area contributed by atoms with Crippen LogP contribution in [-0.4, -0.2) is 38.6 Å². The number of fused-ring (bicyclic) bond motifs is 2. The van der Waals surface area contributed by atoms with Gasteiger partial charge in [0.2, 0.25) is 5.95 Å². The van der Waals surface area contributed by atoms with Crippen molar-refractivity contribution in [3.63, 3.8) is 0 Å². The van der Waals surface area contributed by atoms with Crippen molar-refractivity contribution in [2.45, 2.75) is 19.4 Å². The Morgan fingerprint density at radius 2 is 2.21 bits per heavy atom. The number of piperidine rings is 1. The van der Waals surface area contributed by atoms with Crippen LogP contribution in [0.15, 0.2) is 30.7 Å². The van der Waals surface area contributed by atoms with Gasteiger partial charge in [-0.25, -0.2) is 18.3 Å². The Labute approximate surface area is 159 Å². The van der Waals surface area contributed by atoms with Crippen LogP contribution in [0.25, 0.3) is 5.65 Å². The average molecular weight is 384 g/mol. The molecule has 0 spiro atoms. The van der Waals surface area contributed by atoms with E-state index in [-0.39, 0.29) is 17.9 Å². The summed E-state index contributed by atoms with van der Waals surface area (Å²) in [5.74, 6) is -0.105. The molecule has 7 nitrogen and oxygen atoms in total. The molecule has 9 heteroatoms. The minimum atomic E-state index is -0.467. The van der Waals surface area contributed by atoms with Gasteiger partial charge >= 0.3 is 0 Å². The molecule has 5 rings (SSSR count). The van der Waals surface area contributed by atoms with Crippen molar-refractivity contribution < 1.29 is 13.6 Å². The Morgan fingerprint density at radius 3 is 3.04 bits per heavy atom. The van der Waals surface area contributed by atoms with E-state index in [1.54, 1.807) is 0 Å². The van der Waals surface area contributed by atoms with Gasteiger partial charge in [-0.1, -0.05) is 0 Å². The van der Waals surface area contributed by atoms with Crippen molar-refractivity contribution in [2.75, 3.05) is 18.0 Å². The van der Waals surface area contributed by atoms with Crippen LogP contribution < -0.4 is 10.2 Å². The minimum Gasteiger partial charge on any atom is -0.352 e. The first-order chi connectivity index (χ1) is 13.6. The van der Waals surface area contributed by atoms with Crippen molar-refractivity contribution in [3.8, 4) is 0 Å². The first-order valence-electron chi connectivity index (χ1n) is 9.27. The molecule has 3 atom stereocenters. The third-order valence-corrected chi connectivity index (χ3v) is 5.52. The smallest absolute Gasteiger partial charge is 0.256 e. The molecule has 1 N–H and O–H groups in total. The summed E-state index contributed by atoms with van der Waals surface area (Å²) < 4.78 is 29.7. The van der Waals surface area contributed by atoms with Crippen molar-refractivity contribution in [1.29, 1.82) is 0 Å². The predicted octanol–water partition coefficient (Wildman–Crippen LogP) is 2.35. The number of anilines is 1. The molecule has 3 heterocycles. The molecular weight excluding hydrogens is 366 g/mol. The zero-order valence-electron chi connectivity index (χ0n) is 15.1. The molecule has 1 aliphatic carbocycles. The molecule has 0 radical (unpaired) electrons. The Balaban J connectivity index is 1.56. The second-order valence-corrected chi connectivity index (χ2v) is 7.26. The van der Waals surface area contributed by atoms with Gasteiger partial charge in [0.05, 0.1) is 12.2 Å². The maximum absolute atomic E-state index is 14.5. The first-order valence-corrected chi connectivity index (χ1v) is 9.27. The summed E-state index contributed by atoms with van der Waals surface area (Å²) in [6.45, 7) is 3.00. The normalized spacial score (nSPS) is 23.1. The number of hydrogen-bond acceptors (Lipinski definition) is 5. The average Bonchev–Trinajstić information content (AvgIpc) is 3.16. The summed E-state index contributed by atoms with van der Waals surface area (Å²) in [5, 5.41) is 6.85. The number of carbonyl (C=O) groups is 1. The van der Waals surface area contributed by atoms with E-state index in [2.05, 4.69) is 20.4 Å². The molecule has 1 aliphatic heterocycles. The number of nitrogens with zero attached hydrogens (tertiary/aromatic N) is 5. The van der Waals surface area contributed by atoms with Crippen LogP contribution in [0.5, 0.6) is 0 Å². The van der Waals surface area contributed by atoms with Crippen molar-refractivity contribution in [3.05, 3.63) is 53.5 Å². The molecule has 1 aromatic carbocycles. The van der Waals surface area contributed by atoms with Gasteiger partial charge in [0.1, 0.15) is 23.5 Å². The first kappa shape index (κ1) is 17.0. The molecule has 2 fully saturated rings. The third kappa shape index (κ3) is 2.61. The molecule has 2 aliphatic rings. The highest BCUT2D eigenvalue weighted by atomic mass is 19.1. The van der Waals surface area contributed by atoms with E-state index in [1.165, 1.54) is 23.1 Å². The van der Waals surface area contributed by atoms with Crippen LogP contribution in [0, 0.1) is 23.5 Å². The molecule has 144 valence electrons. The molecule has 3 aromatic rings. The Hall–Kier alpha value is -3.10. The second kappa shape index (κ2) is 6.22.